The van der Waals surface area contributed by atoms with Crippen LogP contribution in [0.4, 0.5) is 4.79 Å². The highest BCUT2D eigenvalue weighted by molar-refractivity contribution is 7.89. The average Bonchev–Trinajstić information content (AvgIpc) is 2.74. The molecule has 2 aliphatic heterocycles. The molecule has 2 N–H and O–H groups in total. The molecule has 2 fully saturated rings. The van der Waals surface area contributed by atoms with Gasteiger partial charge < -0.3 is 15.3 Å². The molecular weight excluding hydrogens is 392 g/mol. The van der Waals surface area contributed by atoms with Crippen molar-refractivity contribution in [3.05, 3.63) is 36.7 Å². The number of nitrogens with one attached hydrogen (secondary N) is 1. The minimum Gasteiger partial charge on any atom is -0.393 e. The lowest BCUT2D eigenvalue weighted by Crippen LogP contribution is -2.54. The van der Waals surface area contributed by atoms with Crippen LogP contribution in [0.5, 0.6) is 0 Å². The molecule has 2 aliphatic rings. The van der Waals surface area contributed by atoms with E-state index in [0.717, 1.165) is 11.8 Å². The van der Waals surface area contributed by atoms with Gasteiger partial charge in [0.05, 0.1) is 11.0 Å². The zero-order valence-corrected chi connectivity index (χ0v) is 17.0. The molecule has 1 aromatic heterocycles. The number of pyridine rings is 1. The van der Waals surface area contributed by atoms with Crippen molar-refractivity contribution in [1.82, 2.24) is 19.5 Å². The van der Waals surface area contributed by atoms with Gasteiger partial charge in [-0.25, -0.2) is 13.2 Å². The van der Waals surface area contributed by atoms with Crippen molar-refractivity contribution in [1.29, 1.82) is 0 Å². The Bertz CT molecular complexity index is 984. The largest absolute Gasteiger partial charge is 0.393 e. The fourth-order valence-corrected chi connectivity index (χ4v) is 5.81. The molecule has 8 nitrogen and oxygen atoms in total. The van der Waals surface area contributed by atoms with Crippen LogP contribution in [0.2, 0.25) is 0 Å². The zero-order valence-electron chi connectivity index (χ0n) is 16.2. The number of rotatable bonds is 3. The number of nitrogens with zero attached hydrogens (tertiary/aromatic N) is 3. The van der Waals surface area contributed by atoms with E-state index in [1.54, 1.807) is 35.5 Å². The molecule has 0 saturated carbocycles. The molecule has 2 saturated heterocycles. The van der Waals surface area contributed by atoms with Crippen molar-refractivity contribution in [3.8, 4) is 0 Å². The molecule has 2 aromatic rings. The molecule has 0 aliphatic carbocycles. The van der Waals surface area contributed by atoms with E-state index in [1.807, 2.05) is 6.07 Å². The third-order valence-corrected chi connectivity index (χ3v) is 7.65. The Morgan fingerprint density at radius 3 is 2.72 bits per heavy atom. The SMILES string of the molecule is O=C(NC1CCCN(S(=O)(=O)c2cccc3cnccc23)C1)N1CCC(O)CC1. The molecule has 1 unspecified atom stereocenters. The highest BCUT2D eigenvalue weighted by Crippen LogP contribution is 2.27. The number of hydrogen-bond acceptors (Lipinski definition) is 5. The summed E-state index contributed by atoms with van der Waals surface area (Å²) in [4.78, 5) is 18.6. The highest BCUT2D eigenvalue weighted by atomic mass is 32.2. The Morgan fingerprint density at radius 1 is 1.14 bits per heavy atom. The van der Waals surface area contributed by atoms with E-state index in [0.29, 0.717) is 44.3 Å². The Morgan fingerprint density at radius 2 is 1.93 bits per heavy atom. The highest BCUT2D eigenvalue weighted by Gasteiger charge is 2.33. The topological polar surface area (TPSA) is 103 Å². The average molecular weight is 419 g/mol. The van der Waals surface area contributed by atoms with Gasteiger partial charge in [-0.15, -0.1) is 0 Å². The van der Waals surface area contributed by atoms with Crippen LogP contribution in [0, 0.1) is 0 Å². The molecule has 0 radical (unpaired) electrons. The first-order valence-corrected chi connectivity index (χ1v) is 11.5. The number of aromatic nitrogens is 1. The van der Waals surface area contributed by atoms with E-state index < -0.39 is 10.0 Å². The van der Waals surface area contributed by atoms with Gasteiger partial charge in [0.15, 0.2) is 0 Å². The monoisotopic (exact) mass is 418 g/mol. The van der Waals surface area contributed by atoms with Gasteiger partial charge in [-0.1, -0.05) is 12.1 Å². The lowest BCUT2D eigenvalue weighted by atomic mass is 10.1. The number of amides is 2. The van der Waals surface area contributed by atoms with Crippen LogP contribution in [-0.2, 0) is 10.0 Å². The number of fused-ring (bicyclic) bond motifs is 1. The Kier molecular flexibility index (Phi) is 5.71. The molecule has 0 spiro atoms. The van der Waals surface area contributed by atoms with Crippen molar-refractivity contribution in [2.24, 2.45) is 0 Å². The minimum absolute atomic E-state index is 0.183. The number of carbonyl (C=O) groups excluding carboxylic acids is 1. The van der Waals surface area contributed by atoms with Gasteiger partial charge in [0, 0.05) is 55.4 Å². The van der Waals surface area contributed by atoms with Crippen molar-refractivity contribution < 1.29 is 18.3 Å². The van der Waals surface area contributed by atoms with Crippen molar-refractivity contribution in [3.63, 3.8) is 0 Å². The van der Waals surface area contributed by atoms with E-state index >= 15 is 0 Å². The molecule has 0 bridgehead atoms. The summed E-state index contributed by atoms with van der Waals surface area (Å²) in [6.07, 6.45) is 5.50. The molecule has 9 heteroatoms. The van der Waals surface area contributed by atoms with Crippen LogP contribution in [0.3, 0.4) is 0 Å². The second-order valence-electron chi connectivity index (χ2n) is 7.72. The van der Waals surface area contributed by atoms with E-state index in [4.69, 9.17) is 0 Å². The number of urea groups is 1. The van der Waals surface area contributed by atoms with Gasteiger partial charge in [-0.05, 0) is 37.8 Å². The summed E-state index contributed by atoms with van der Waals surface area (Å²) in [5.41, 5.74) is 0. The summed E-state index contributed by atoms with van der Waals surface area (Å²) in [5, 5.41) is 14.0. The molecule has 2 amide bonds. The van der Waals surface area contributed by atoms with Gasteiger partial charge in [0.25, 0.3) is 0 Å². The van der Waals surface area contributed by atoms with Crippen LogP contribution in [0.1, 0.15) is 25.7 Å². The number of hydrogen-bond donors (Lipinski definition) is 2. The number of carbonyl (C=O) groups is 1. The Balaban J connectivity index is 1.48. The zero-order chi connectivity index (χ0) is 20.4. The summed E-state index contributed by atoms with van der Waals surface area (Å²) < 4.78 is 28.1. The van der Waals surface area contributed by atoms with Gasteiger partial charge >= 0.3 is 6.03 Å². The maximum absolute atomic E-state index is 13.3. The first kappa shape index (κ1) is 20.1. The smallest absolute Gasteiger partial charge is 0.317 e. The summed E-state index contributed by atoms with van der Waals surface area (Å²) >= 11 is 0. The lowest BCUT2D eigenvalue weighted by molar-refractivity contribution is 0.0920. The van der Waals surface area contributed by atoms with Crippen LogP contribution in [0.15, 0.2) is 41.6 Å². The van der Waals surface area contributed by atoms with Crippen molar-refractivity contribution in [2.45, 2.75) is 42.7 Å². The van der Waals surface area contributed by atoms with E-state index in [1.165, 1.54) is 4.31 Å². The molecule has 3 heterocycles. The lowest BCUT2D eigenvalue weighted by Gasteiger charge is -2.35. The van der Waals surface area contributed by atoms with Crippen molar-refractivity contribution >= 4 is 26.8 Å². The third-order valence-electron chi connectivity index (χ3n) is 5.72. The number of likely N-dealkylation sites (tertiary alicyclic amines) is 1. The third kappa shape index (κ3) is 4.22. The molecule has 4 rings (SSSR count). The predicted octanol–water partition coefficient (Wildman–Crippen LogP) is 1.55. The van der Waals surface area contributed by atoms with Crippen LogP contribution in [-0.4, -0.2) is 72.1 Å². The maximum atomic E-state index is 13.3. The van der Waals surface area contributed by atoms with E-state index in [2.05, 4.69) is 10.3 Å². The number of aliphatic hydroxyl groups excluding tert-OH is 1. The summed E-state index contributed by atoms with van der Waals surface area (Å²) in [5.74, 6) is 0. The molecular formula is C20H26N4O4S. The summed E-state index contributed by atoms with van der Waals surface area (Å²) in [7, 11) is -3.68. The van der Waals surface area contributed by atoms with Gasteiger partial charge in [0.1, 0.15) is 0 Å². The second kappa shape index (κ2) is 8.25. The number of sulfonamides is 1. The summed E-state index contributed by atoms with van der Waals surface area (Å²) in [6, 6.07) is 6.50. The van der Waals surface area contributed by atoms with Crippen LogP contribution >= 0.6 is 0 Å². The molecule has 1 atom stereocenters. The fraction of sp³-hybridized carbons (Fsp3) is 0.500. The summed E-state index contributed by atoms with van der Waals surface area (Å²) in [6.45, 7) is 1.73. The fourth-order valence-electron chi connectivity index (χ4n) is 4.07. The Labute approximate surface area is 170 Å². The van der Waals surface area contributed by atoms with Gasteiger partial charge in [-0.2, -0.15) is 4.31 Å². The standard InChI is InChI=1S/C20H26N4O4S/c25-17-7-11-23(12-8-17)20(26)22-16-4-2-10-24(14-16)29(27,28)19-5-1-3-15-13-21-9-6-18(15)19/h1,3,5-6,9,13,16-17,25H,2,4,7-8,10-12,14H2,(H,22,26). The Hall–Kier alpha value is -2.23. The minimum atomic E-state index is -3.68. The van der Waals surface area contributed by atoms with E-state index in [9.17, 15) is 18.3 Å². The molecule has 1 aromatic carbocycles. The number of benzene rings is 1. The quantitative estimate of drug-likeness (QED) is 0.787. The normalized spacial score (nSPS) is 22.0. The van der Waals surface area contributed by atoms with Crippen molar-refractivity contribution in [2.75, 3.05) is 26.2 Å². The number of piperidine rings is 2. The first-order chi connectivity index (χ1) is 13.9. The maximum Gasteiger partial charge on any atom is 0.317 e. The molecule has 29 heavy (non-hydrogen) atoms. The number of aliphatic hydroxyl groups is 1. The predicted molar refractivity (Wildman–Crippen MR) is 109 cm³/mol. The van der Waals surface area contributed by atoms with Gasteiger partial charge in [0.2, 0.25) is 10.0 Å². The second-order valence-corrected chi connectivity index (χ2v) is 9.63. The first-order valence-electron chi connectivity index (χ1n) is 10.0. The van der Waals surface area contributed by atoms with Crippen LogP contribution < -0.4 is 5.32 Å². The van der Waals surface area contributed by atoms with Gasteiger partial charge in [-0.3, -0.25) is 4.98 Å². The van der Waals surface area contributed by atoms with Crippen LogP contribution in [0.25, 0.3) is 10.8 Å². The molecule has 156 valence electrons. The van der Waals surface area contributed by atoms with E-state index in [-0.39, 0.29) is 29.6 Å².